The van der Waals surface area contributed by atoms with E-state index in [1.54, 1.807) is 0 Å². The highest BCUT2D eigenvalue weighted by Crippen LogP contribution is 2.66. The fraction of sp³-hybridized carbons (Fsp3) is 0.810. The average Bonchev–Trinajstić information content (AvgIpc) is 2.86. The van der Waals surface area contributed by atoms with Crippen LogP contribution in [-0.4, -0.2) is 45.2 Å². The first-order valence-electron chi connectivity index (χ1n) is 9.96. The van der Waals surface area contributed by atoms with Crippen molar-refractivity contribution >= 4 is 11.6 Å². The molecule has 26 heavy (non-hydrogen) atoms. The number of aliphatic hydroxyl groups excluding tert-OH is 2. The number of fused-ring (bicyclic) bond motifs is 5. The van der Waals surface area contributed by atoms with Crippen LogP contribution in [0.1, 0.15) is 58.8 Å². The van der Waals surface area contributed by atoms with Gasteiger partial charge in [0.15, 0.2) is 5.78 Å². The van der Waals surface area contributed by atoms with E-state index >= 15 is 0 Å². The number of aliphatic hydroxyl groups is 3. The predicted octanol–water partition coefficient (Wildman–Crippen LogP) is 1.78. The van der Waals surface area contributed by atoms with Crippen LogP contribution in [0.15, 0.2) is 11.6 Å². The van der Waals surface area contributed by atoms with E-state index < -0.39 is 29.5 Å². The molecule has 5 nitrogen and oxygen atoms in total. The Kier molecular flexibility index (Phi) is 4.04. The van der Waals surface area contributed by atoms with Crippen LogP contribution in [-0.2, 0) is 9.59 Å². The summed E-state index contributed by atoms with van der Waals surface area (Å²) in [4.78, 5) is 25.7. The van der Waals surface area contributed by atoms with Crippen LogP contribution in [0.4, 0.5) is 0 Å². The molecule has 4 rings (SSSR count). The maximum Gasteiger partial charge on any atom is 0.190 e. The van der Waals surface area contributed by atoms with Gasteiger partial charge in [-0.25, -0.2) is 0 Å². The molecule has 0 amide bonds. The highest BCUT2D eigenvalue weighted by molar-refractivity contribution is 5.92. The van der Waals surface area contributed by atoms with Gasteiger partial charge in [-0.2, -0.15) is 0 Å². The summed E-state index contributed by atoms with van der Waals surface area (Å²) in [5.74, 6) is -0.198. The Hall–Kier alpha value is -1.04. The van der Waals surface area contributed by atoms with Crippen LogP contribution in [0.25, 0.3) is 0 Å². The highest BCUT2D eigenvalue weighted by Gasteiger charge is 2.68. The zero-order chi connectivity index (χ0) is 18.9. The molecule has 0 spiro atoms. The molecule has 0 aromatic carbocycles. The number of ketones is 2. The maximum atomic E-state index is 13.3. The minimum absolute atomic E-state index is 0.0837. The molecule has 0 radical (unpaired) electrons. The summed E-state index contributed by atoms with van der Waals surface area (Å²) >= 11 is 0. The van der Waals surface area contributed by atoms with E-state index in [1.807, 2.05) is 13.0 Å². The van der Waals surface area contributed by atoms with Crippen LogP contribution < -0.4 is 0 Å². The molecule has 0 aliphatic heterocycles. The SMILES string of the molecule is C[C@]12CCC(O)C=C1CCC1C2C(=O)C[C@@]2(C)C1CC[C@]2(O)C(=O)CO. The largest absolute Gasteiger partial charge is 0.389 e. The zero-order valence-electron chi connectivity index (χ0n) is 15.7. The third kappa shape index (κ3) is 2.14. The lowest BCUT2D eigenvalue weighted by Crippen LogP contribution is -2.61. The number of allylic oxidation sites excluding steroid dienone is 1. The van der Waals surface area contributed by atoms with Crippen molar-refractivity contribution in [1.29, 1.82) is 0 Å². The second-order valence-electron chi connectivity index (χ2n) is 9.54. The normalized spacial score (nSPS) is 50.5. The van der Waals surface area contributed by atoms with Gasteiger partial charge in [0, 0.05) is 17.8 Å². The fourth-order valence-electron chi connectivity index (χ4n) is 7.13. The predicted molar refractivity (Wildman–Crippen MR) is 95.1 cm³/mol. The Balaban J connectivity index is 1.74. The summed E-state index contributed by atoms with van der Waals surface area (Å²) in [6.07, 6.45) is 6.06. The second kappa shape index (κ2) is 5.73. The molecule has 4 aliphatic carbocycles. The highest BCUT2D eigenvalue weighted by atomic mass is 16.3. The zero-order valence-corrected chi connectivity index (χ0v) is 15.7. The van der Waals surface area contributed by atoms with Crippen molar-refractivity contribution in [2.45, 2.75) is 70.5 Å². The Bertz CT molecular complexity index is 684. The Morgan fingerprint density at radius 2 is 1.96 bits per heavy atom. The summed E-state index contributed by atoms with van der Waals surface area (Å²) in [6, 6.07) is 0. The third-order valence-corrected chi connectivity index (χ3v) is 8.54. The van der Waals surface area contributed by atoms with Crippen molar-refractivity contribution in [2.75, 3.05) is 6.61 Å². The molecule has 3 N–H and O–H groups in total. The molecule has 5 heteroatoms. The topological polar surface area (TPSA) is 94.8 Å². The summed E-state index contributed by atoms with van der Waals surface area (Å²) in [6.45, 7) is 3.37. The van der Waals surface area contributed by atoms with Crippen LogP contribution in [0, 0.1) is 28.6 Å². The Morgan fingerprint density at radius 1 is 1.23 bits per heavy atom. The van der Waals surface area contributed by atoms with E-state index in [4.69, 9.17) is 0 Å². The lowest BCUT2D eigenvalue weighted by atomic mass is 9.46. The molecule has 0 heterocycles. The molecule has 0 aromatic rings. The number of carbonyl (C=O) groups excluding carboxylic acids is 2. The van der Waals surface area contributed by atoms with Crippen molar-refractivity contribution in [3.05, 3.63) is 11.6 Å². The number of carbonyl (C=O) groups is 2. The first kappa shape index (κ1) is 18.3. The first-order valence-corrected chi connectivity index (χ1v) is 9.96. The monoisotopic (exact) mass is 362 g/mol. The van der Waals surface area contributed by atoms with Crippen molar-refractivity contribution in [1.82, 2.24) is 0 Å². The summed E-state index contributed by atoms with van der Waals surface area (Å²) in [5.41, 5.74) is -1.36. The molecule has 7 atom stereocenters. The van der Waals surface area contributed by atoms with E-state index in [1.165, 1.54) is 5.57 Å². The van der Waals surface area contributed by atoms with Crippen molar-refractivity contribution in [3.8, 4) is 0 Å². The molecule has 4 unspecified atom stereocenters. The van der Waals surface area contributed by atoms with Crippen LogP contribution >= 0.6 is 0 Å². The summed E-state index contributed by atoms with van der Waals surface area (Å²) < 4.78 is 0. The van der Waals surface area contributed by atoms with Gasteiger partial charge in [0.05, 0.1) is 6.10 Å². The molecule has 3 fully saturated rings. The van der Waals surface area contributed by atoms with Gasteiger partial charge < -0.3 is 15.3 Å². The Morgan fingerprint density at radius 3 is 2.65 bits per heavy atom. The van der Waals surface area contributed by atoms with Crippen LogP contribution in [0.2, 0.25) is 0 Å². The summed E-state index contributed by atoms with van der Waals surface area (Å²) in [5, 5.41) is 30.5. The second-order valence-corrected chi connectivity index (χ2v) is 9.54. The Labute approximate surface area is 154 Å². The average molecular weight is 362 g/mol. The van der Waals surface area contributed by atoms with Crippen molar-refractivity contribution in [2.24, 2.45) is 28.6 Å². The van der Waals surface area contributed by atoms with Gasteiger partial charge in [-0.15, -0.1) is 0 Å². The molecular formula is C21H30O5. The fourth-order valence-corrected chi connectivity index (χ4v) is 7.13. The standard InChI is InChI=1S/C21H30O5/c1-19-7-5-13(23)9-12(19)3-4-14-15-6-8-21(26,17(25)11-22)20(15,2)10-16(24)18(14)19/h9,13-15,18,22-23,26H,3-8,10-11H2,1-2H3/t13?,14?,15?,18?,19-,20-,21-/m0/s1. The van der Waals surface area contributed by atoms with Gasteiger partial charge in [0.2, 0.25) is 0 Å². The van der Waals surface area contributed by atoms with Gasteiger partial charge in [-0.1, -0.05) is 25.5 Å². The van der Waals surface area contributed by atoms with Crippen molar-refractivity contribution in [3.63, 3.8) is 0 Å². The van der Waals surface area contributed by atoms with Gasteiger partial charge in [0.1, 0.15) is 18.0 Å². The van der Waals surface area contributed by atoms with Crippen molar-refractivity contribution < 1.29 is 24.9 Å². The smallest absolute Gasteiger partial charge is 0.190 e. The number of hydrogen-bond donors (Lipinski definition) is 3. The van der Waals surface area contributed by atoms with E-state index in [9.17, 15) is 24.9 Å². The molecule has 0 saturated heterocycles. The van der Waals surface area contributed by atoms with Crippen LogP contribution in [0.3, 0.4) is 0 Å². The molecule has 3 saturated carbocycles. The van der Waals surface area contributed by atoms with Gasteiger partial charge in [-0.05, 0) is 55.8 Å². The van der Waals surface area contributed by atoms with Crippen LogP contribution in [0.5, 0.6) is 0 Å². The van der Waals surface area contributed by atoms with E-state index in [2.05, 4.69) is 6.92 Å². The lowest BCUT2D eigenvalue weighted by Gasteiger charge is -2.58. The van der Waals surface area contributed by atoms with E-state index in [0.717, 1.165) is 25.7 Å². The number of hydrogen-bond acceptors (Lipinski definition) is 5. The van der Waals surface area contributed by atoms with Gasteiger partial charge in [-0.3, -0.25) is 9.59 Å². The minimum atomic E-state index is -1.59. The minimum Gasteiger partial charge on any atom is -0.389 e. The third-order valence-electron chi connectivity index (χ3n) is 8.54. The molecule has 144 valence electrons. The lowest BCUT2D eigenvalue weighted by molar-refractivity contribution is -0.170. The molecule has 4 aliphatic rings. The van der Waals surface area contributed by atoms with E-state index in [-0.39, 0.29) is 35.4 Å². The molecule has 0 bridgehead atoms. The molecule has 0 aromatic heterocycles. The van der Waals surface area contributed by atoms with E-state index in [0.29, 0.717) is 12.8 Å². The van der Waals surface area contributed by atoms with Gasteiger partial charge in [0.25, 0.3) is 0 Å². The summed E-state index contributed by atoms with van der Waals surface area (Å²) in [7, 11) is 0. The number of rotatable bonds is 2. The molecular weight excluding hydrogens is 332 g/mol. The van der Waals surface area contributed by atoms with Gasteiger partial charge >= 0.3 is 0 Å². The number of Topliss-reactive ketones (excluding diaryl/α,β-unsaturated/α-hetero) is 2. The quantitative estimate of drug-likeness (QED) is 0.651. The maximum absolute atomic E-state index is 13.3. The first-order chi connectivity index (χ1) is 12.2.